The molecule has 0 aliphatic heterocycles. The molecule has 1 fully saturated rings. The van der Waals surface area contributed by atoms with E-state index in [1.165, 1.54) is 0 Å². The Morgan fingerprint density at radius 1 is 1.21 bits per heavy atom. The number of aromatic nitrogens is 3. The molecule has 0 N–H and O–H groups in total. The Morgan fingerprint density at radius 3 is 2.63 bits per heavy atom. The Hall–Kier alpha value is -1.68. The molecule has 3 rings (SSSR count). The van der Waals surface area contributed by atoms with Gasteiger partial charge >= 0.3 is 0 Å². The van der Waals surface area contributed by atoms with Crippen molar-refractivity contribution in [3.05, 3.63) is 40.6 Å². The topological polar surface area (TPSA) is 47.9 Å². The highest BCUT2D eigenvalue weighted by atomic mass is 35.5. The van der Waals surface area contributed by atoms with Crippen molar-refractivity contribution < 1.29 is 4.74 Å². The smallest absolute Gasteiger partial charge is 0.227 e. The molecule has 0 atom stereocenters. The maximum Gasteiger partial charge on any atom is 0.227 e. The van der Waals surface area contributed by atoms with Crippen LogP contribution in [-0.2, 0) is 0 Å². The lowest BCUT2D eigenvalue weighted by atomic mass is 10.3. The van der Waals surface area contributed by atoms with Crippen molar-refractivity contribution in [2.24, 2.45) is 0 Å². The van der Waals surface area contributed by atoms with Gasteiger partial charge in [0.05, 0.1) is 6.20 Å². The summed E-state index contributed by atoms with van der Waals surface area (Å²) in [5, 5.41) is 0.465. The molecule has 0 aromatic carbocycles. The fraction of sp³-hybridized carbons (Fsp3) is 0.357. The number of aryl methyl sites for hydroxylation is 1. The zero-order chi connectivity index (χ0) is 13.4. The van der Waals surface area contributed by atoms with Crippen LogP contribution < -0.4 is 4.74 Å². The number of nitrogens with zero attached hydrogens (tertiary/aromatic N) is 3. The van der Waals surface area contributed by atoms with E-state index in [-0.39, 0.29) is 0 Å². The number of hydrogen-bond acceptors (Lipinski definition) is 4. The van der Waals surface area contributed by atoms with E-state index in [4.69, 9.17) is 16.3 Å². The quantitative estimate of drug-likeness (QED) is 0.799. The largest absolute Gasteiger partial charge is 0.437 e. The Bertz CT molecular complexity index is 609. The molecule has 19 heavy (non-hydrogen) atoms. The number of halogens is 1. The van der Waals surface area contributed by atoms with Gasteiger partial charge in [-0.05, 0) is 38.8 Å². The van der Waals surface area contributed by atoms with Gasteiger partial charge in [-0.25, -0.2) is 4.98 Å². The Labute approximate surface area is 116 Å². The van der Waals surface area contributed by atoms with Gasteiger partial charge in [0.1, 0.15) is 16.7 Å². The molecule has 1 aliphatic rings. The van der Waals surface area contributed by atoms with Crippen molar-refractivity contribution in [3.63, 3.8) is 0 Å². The summed E-state index contributed by atoms with van der Waals surface area (Å²) in [6, 6.07) is 3.77. The molecule has 0 spiro atoms. The van der Waals surface area contributed by atoms with E-state index in [0.29, 0.717) is 22.7 Å². The molecule has 2 aromatic heterocycles. The standard InChI is InChI=1S/C14H14ClN3O/c1-8-3-6-11(7-16-8)19-14-9(2)12(15)17-13(18-14)10-4-5-10/h3,6-7,10H,4-5H2,1-2H3. The van der Waals surface area contributed by atoms with Crippen LogP contribution in [0.2, 0.25) is 5.15 Å². The van der Waals surface area contributed by atoms with Crippen LogP contribution in [0.1, 0.15) is 35.8 Å². The first-order valence-electron chi connectivity index (χ1n) is 6.28. The molecular formula is C14H14ClN3O. The zero-order valence-electron chi connectivity index (χ0n) is 10.9. The second kappa shape index (κ2) is 4.78. The van der Waals surface area contributed by atoms with Gasteiger partial charge in [0.25, 0.3) is 0 Å². The third-order valence-corrected chi connectivity index (χ3v) is 3.47. The minimum atomic E-state index is 0.441. The van der Waals surface area contributed by atoms with Crippen LogP contribution >= 0.6 is 11.6 Å². The molecule has 2 heterocycles. The van der Waals surface area contributed by atoms with E-state index >= 15 is 0 Å². The maximum atomic E-state index is 6.14. The second-order valence-corrected chi connectivity index (χ2v) is 5.17. The summed E-state index contributed by atoms with van der Waals surface area (Å²) in [6.45, 7) is 3.79. The Balaban J connectivity index is 1.92. The minimum absolute atomic E-state index is 0.441. The highest BCUT2D eigenvalue weighted by molar-refractivity contribution is 6.30. The van der Waals surface area contributed by atoms with Crippen LogP contribution in [0.3, 0.4) is 0 Å². The van der Waals surface area contributed by atoms with E-state index in [1.807, 2.05) is 26.0 Å². The van der Waals surface area contributed by atoms with Crippen LogP contribution in [0.4, 0.5) is 0 Å². The first-order chi connectivity index (χ1) is 9.13. The molecule has 0 amide bonds. The van der Waals surface area contributed by atoms with Gasteiger partial charge < -0.3 is 4.74 Å². The molecule has 1 aliphatic carbocycles. The number of hydrogen-bond donors (Lipinski definition) is 0. The molecule has 0 radical (unpaired) electrons. The minimum Gasteiger partial charge on any atom is -0.437 e. The molecule has 5 heteroatoms. The van der Waals surface area contributed by atoms with Gasteiger partial charge in [-0.3, -0.25) is 4.98 Å². The average Bonchev–Trinajstić information content (AvgIpc) is 3.21. The van der Waals surface area contributed by atoms with E-state index in [0.717, 1.165) is 29.9 Å². The molecule has 1 saturated carbocycles. The second-order valence-electron chi connectivity index (χ2n) is 4.81. The maximum absolute atomic E-state index is 6.14. The molecule has 4 nitrogen and oxygen atoms in total. The van der Waals surface area contributed by atoms with Crippen LogP contribution in [0, 0.1) is 13.8 Å². The average molecular weight is 276 g/mol. The van der Waals surface area contributed by atoms with Crippen molar-refractivity contribution in [2.75, 3.05) is 0 Å². The Kier molecular flexibility index (Phi) is 3.11. The molecule has 2 aromatic rings. The van der Waals surface area contributed by atoms with E-state index in [1.54, 1.807) is 6.20 Å². The molecule has 0 saturated heterocycles. The van der Waals surface area contributed by atoms with Gasteiger partial charge in [0.2, 0.25) is 5.88 Å². The van der Waals surface area contributed by atoms with E-state index < -0.39 is 0 Å². The lowest BCUT2D eigenvalue weighted by Crippen LogP contribution is -2.00. The highest BCUT2D eigenvalue weighted by Gasteiger charge is 2.28. The lowest BCUT2D eigenvalue weighted by Gasteiger charge is -2.10. The molecular weight excluding hydrogens is 262 g/mol. The van der Waals surface area contributed by atoms with Crippen molar-refractivity contribution in [1.29, 1.82) is 0 Å². The van der Waals surface area contributed by atoms with Gasteiger partial charge in [0.15, 0.2) is 0 Å². The van der Waals surface area contributed by atoms with Gasteiger partial charge in [-0.2, -0.15) is 4.98 Å². The van der Waals surface area contributed by atoms with Crippen LogP contribution in [-0.4, -0.2) is 15.0 Å². The number of pyridine rings is 1. The molecule has 0 unspecified atom stereocenters. The van der Waals surface area contributed by atoms with Crippen LogP contribution in [0.15, 0.2) is 18.3 Å². The predicted octanol–water partition coefficient (Wildman–Crippen LogP) is 3.81. The van der Waals surface area contributed by atoms with E-state index in [2.05, 4.69) is 15.0 Å². The summed E-state index contributed by atoms with van der Waals surface area (Å²) < 4.78 is 5.77. The molecule has 98 valence electrons. The summed E-state index contributed by atoms with van der Waals surface area (Å²) in [7, 11) is 0. The highest BCUT2D eigenvalue weighted by Crippen LogP contribution is 2.40. The molecule has 0 bridgehead atoms. The Morgan fingerprint density at radius 2 is 2.00 bits per heavy atom. The van der Waals surface area contributed by atoms with Crippen molar-refractivity contribution in [3.8, 4) is 11.6 Å². The normalized spacial score (nSPS) is 14.5. The lowest BCUT2D eigenvalue weighted by molar-refractivity contribution is 0.452. The first kappa shape index (κ1) is 12.4. The van der Waals surface area contributed by atoms with Crippen molar-refractivity contribution >= 4 is 11.6 Å². The zero-order valence-corrected chi connectivity index (χ0v) is 11.6. The monoisotopic (exact) mass is 275 g/mol. The SMILES string of the molecule is Cc1ccc(Oc2nc(C3CC3)nc(Cl)c2C)cn1. The third kappa shape index (κ3) is 2.68. The van der Waals surface area contributed by atoms with Gasteiger partial charge in [0, 0.05) is 17.2 Å². The fourth-order valence-electron chi connectivity index (χ4n) is 1.74. The third-order valence-electron chi connectivity index (χ3n) is 3.10. The summed E-state index contributed by atoms with van der Waals surface area (Å²) >= 11 is 6.14. The number of ether oxygens (including phenoxy) is 1. The first-order valence-corrected chi connectivity index (χ1v) is 6.66. The van der Waals surface area contributed by atoms with Crippen molar-refractivity contribution in [2.45, 2.75) is 32.6 Å². The summed E-state index contributed by atoms with van der Waals surface area (Å²) in [6.07, 6.45) is 3.94. The van der Waals surface area contributed by atoms with Crippen molar-refractivity contribution in [1.82, 2.24) is 15.0 Å². The van der Waals surface area contributed by atoms with Gasteiger partial charge in [-0.15, -0.1) is 0 Å². The summed E-state index contributed by atoms with van der Waals surface area (Å²) in [4.78, 5) is 13.0. The van der Waals surface area contributed by atoms with E-state index in [9.17, 15) is 0 Å². The summed E-state index contributed by atoms with van der Waals surface area (Å²) in [5.74, 6) is 2.40. The predicted molar refractivity (Wildman–Crippen MR) is 72.8 cm³/mol. The number of rotatable bonds is 3. The fourth-order valence-corrected chi connectivity index (χ4v) is 1.90. The van der Waals surface area contributed by atoms with Crippen LogP contribution in [0.25, 0.3) is 0 Å². The summed E-state index contributed by atoms with van der Waals surface area (Å²) in [5.41, 5.74) is 1.70. The van der Waals surface area contributed by atoms with Gasteiger partial charge in [-0.1, -0.05) is 11.6 Å². The van der Waals surface area contributed by atoms with Crippen LogP contribution in [0.5, 0.6) is 11.6 Å².